The van der Waals surface area contributed by atoms with E-state index in [0.717, 1.165) is 18.6 Å². The lowest BCUT2D eigenvalue weighted by Crippen LogP contribution is -2.54. The molecule has 1 aliphatic heterocycles. The molecule has 3 amide bonds. The minimum atomic E-state index is 0.0280. The third-order valence-corrected chi connectivity index (χ3v) is 5.15. The van der Waals surface area contributed by atoms with Crippen LogP contribution >= 0.6 is 0 Å². The molecular formula is C20H29N3O3. The van der Waals surface area contributed by atoms with Crippen LogP contribution in [0, 0.1) is 0 Å². The third kappa shape index (κ3) is 5.38. The van der Waals surface area contributed by atoms with Gasteiger partial charge in [0.1, 0.15) is 5.75 Å². The molecule has 0 spiro atoms. The first-order valence-corrected chi connectivity index (χ1v) is 9.73. The van der Waals surface area contributed by atoms with Gasteiger partial charge < -0.3 is 19.9 Å². The lowest BCUT2D eigenvalue weighted by molar-refractivity contribution is -0.132. The second kappa shape index (κ2) is 9.46. The van der Waals surface area contributed by atoms with Gasteiger partial charge in [0.05, 0.1) is 6.61 Å². The van der Waals surface area contributed by atoms with Gasteiger partial charge in [0.15, 0.2) is 0 Å². The summed E-state index contributed by atoms with van der Waals surface area (Å²) in [6, 6.07) is 10.0. The maximum atomic E-state index is 12.3. The number of hydrogen-bond donors (Lipinski definition) is 1. The number of para-hydroxylation sites is 1. The number of piperazine rings is 1. The number of ether oxygens (including phenoxy) is 1. The average Bonchev–Trinajstić information content (AvgIpc) is 3.19. The fraction of sp³-hybridized carbons (Fsp3) is 0.600. The number of carbonyl (C=O) groups is 2. The van der Waals surface area contributed by atoms with Crippen molar-refractivity contribution in [1.29, 1.82) is 0 Å². The Morgan fingerprint density at radius 3 is 2.35 bits per heavy atom. The minimum Gasteiger partial charge on any atom is -0.494 e. The molecule has 0 aromatic heterocycles. The summed E-state index contributed by atoms with van der Waals surface area (Å²) < 4.78 is 5.62. The van der Waals surface area contributed by atoms with E-state index >= 15 is 0 Å². The summed E-state index contributed by atoms with van der Waals surface area (Å²) in [4.78, 5) is 28.3. The Bertz CT molecular complexity index is 579. The molecule has 6 nitrogen and oxygen atoms in total. The Balaban J connectivity index is 1.31. The molecule has 2 fully saturated rings. The molecule has 0 unspecified atom stereocenters. The quantitative estimate of drug-likeness (QED) is 0.794. The van der Waals surface area contributed by atoms with Crippen molar-refractivity contribution in [1.82, 2.24) is 15.1 Å². The Morgan fingerprint density at radius 1 is 1.00 bits per heavy atom. The van der Waals surface area contributed by atoms with Crippen molar-refractivity contribution in [2.45, 2.75) is 44.6 Å². The van der Waals surface area contributed by atoms with Crippen molar-refractivity contribution in [2.24, 2.45) is 0 Å². The molecule has 1 saturated heterocycles. The zero-order valence-corrected chi connectivity index (χ0v) is 15.4. The minimum absolute atomic E-state index is 0.0280. The van der Waals surface area contributed by atoms with Gasteiger partial charge in [-0.1, -0.05) is 31.0 Å². The van der Waals surface area contributed by atoms with Crippen molar-refractivity contribution < 1.29 is 14.3 Å². The fourth-order valence-corrected chi connectivity index (χ4v) is 3.58. The molecular weight excluding hydrogens is 330 g/mol. The number of nitrogens with zero attached hydrogens (tertiary/aromatic N) is 2. The summed E-state index contributed by atoms with van der Waals surface area (Å²) in [5.74, 6) is 0.986. The van der Waals surface area contributed by atoms with Crippen LogP contribution in [0.15, 0.2) is 30.3 Å². The smallest absolute Gasteiger partial charge is 0.317 e. The molecule has 1 heterocycles. The van der Waals surface area contributed by atoms with Crippen molar-refractivity contribution >= 4 is 11.9 Å². The van der Waals surface area contributed by atoms with E-state index in [4.69, 9.17) is 4.74 Å². The second-order valence-electron chi connectivity index (χ2n) is 7.06. The Morgan fingerprint density at radius 2 is 1.65 bits per heavy atom. The van der Waals surface area contributed by atoms with Crippen LogP contribution in [-0.4, -0.2) is 60.6 Å². The number of hydrogen-bond acceptors (Lipinski definition) is 3. The highest BCUT2D eigenvalue weighted by Crippen LogP contribution is 2.18. The number of amides is 3. The van der Waals surface area contributed by atoms with Gasteiger partial charge >= 0.3 is 6.03 Å². The first-order valence-electron chi connectivity index (χ1n) is 9.73. The van der Waals surface area contributed by atoms with E-state index < -0.39 is 0 Å². The molecule has 0 bridgehead atoms. The molecule has 0 atom stereocenters. The highest BCUT2D eigenvalue weighted by molar-refractivity contribution is 5.77. The lowest BCUT2D eigenvalue weighted by Gasteiger charge is -2.35. The van der Waals surface area contributed by atoms with Gasteiger partial charge in [-0.25, -0.2) is 4.79 Å². The van der Waals surface area contributed by atoms with Gasteiger partial charge in [0.2, 0.25) is 5.91 Å². The maximum absolute atomic E-state index is 12.3. The molecule has 26 heavy (non-hydrogen) atoms. The Kier molecular flexibility index (Phi) is 6.75. The zero-order valence-electron chi connectivity index (χ0n) is 15.4. The summed E-state index contributed by atoms with van der Waals surface area (Å²) in [5.41, 5.74) is 0. The average molecular weight is 359 g/mol. The zero-order chi connectivity index (χ0) is 18.2. The molecule has 1 aromatic carbocycles. The number of carbonyl (C=O) groups excluding carboxylic acids is 2. The second-order valence-corrected chi connectivity index (χ2v) is 7.06. The molecule has 1 aromatic rings. The van der Waals surface area contributed by atoms with Crippen LogP contribution in [0.5, 0.6) is 5.75 Å². The standard InChI is InChI=1S/C20H29N3O3/c24-19(11-6-16-26-18-9-2-1-3-10-18)22-12-14-23(15-13-22)20(25)21-17-7-4-5-8-17/h1-3,9-10,17H,4-8,11-16H2,(H,21,25). The largest absolute Gasteiger partial charge is 0.494 e. The van der Waals surface area contributed by atoms with Gasteiger partial charge in [-0.15, -0.1) is 0 Å². The van der Waals surface area contributed by atoms with Crippen LogP contribution in [0.25, 0.3) is 0 Å². The molecule has 6 heteroatoms. The van der Waals surface area contributed by atoms with Crippen molar-refractivity contribution in [3.8, 4) is 5.75 Å². The van der Waals surface area contributed by atoms with Crippen LogP contribution < -0.4 is 10.1 Å². The molecule has 1 saturated carbocycles. The third-order valence-electron chi connectivity index (χ3n) is 5.15. The van der Waals surface area contributed by atoms with Gasteiger partial charge in [-0.2, -0.15) is 0 Å². The van der Waals surface area contributed by atoms with Crippen LogP contribution in [-0.2, 0) is 4.79 Å². The Labute approximate surface area is 155 Å². The number of benzene rings is 1. The van der Waals surface area contributed by atoms with E-state index in [1.54, 1.807) is 0 Å². The topological polar surface area (TPSA) is 61.9 Å². The number of rotatable bonds is 6. The highest BCUT2D eigenvalue weighted by Gasteiger charge is 2.26. The van der Waals surface area contributed by atoms with Crippen molar-refractivity contribution in [3.63, 3.8) is 0 Å². The van der Waals surface area contributed by atoms with Gasteiger partial charge in [-0.3, -0.25) is 4.79 Å². The first-order chi connectivity index (χ1) is 12.7. The summed E-state index contributed by atoms with van der Waals surface area (Å²) in [7, 11) is 0. The predicted molar refractivity (Wildman–Crippen MR) is 100 cm³/mol. The molecule has 2 aliphatic rings. The molecule has 1 N–H and O–H groups in total. The van der Waals surface area contributed by atoms with Gasteiger partial charge in [0.25, 0.3) is 0 Å². The SMILES string of the molecule is O=C(CCCOc1ccccc1)N1CCN(C(=O)NC2CCCC2)CC1. The monoisotopic (exact) mass is 359 g/mol. The first kappa shape index (κ1) is 18.5. The summed E-state index contributed by atoms with van der Waals surface area (Å²) in [5, 5.41) is 3.12. The summed E-state index contributed by atoms with van der Waals surface area (Å²) in [6.07, 6.45) is 5.80. The molecule has 0 radical (unpaired) electrons. The summed E-state index contributed by atoms with van der Waals surface area (Å²) >= 11 is 0. The molecule has 142 valence electrons. The van der Waals surface area contributed by atoms with Crippen LogP contribution in [0.2, 0.25) is 0 Å². The predicted octanol–water partition coefficient (Wildman–Crippen LogP) is 2.64. The molecule has 3 rings (SSSR count). The Hall–Kier alpha value is -2.24. The van der Waals surface area contributed by atoms with Gasteiger partial charge in [0, 0.05) is 38.6 Å². The van der Waals surface area contributed by atoms with E-state index in [2.05, 4.69) is 5.32 Å². The lowest BCUT2D eigenvalue weighted by atomic mass is 10.2. The van der Waals surface area contributed by atoms with Crippen LogP contribution in [0.4, 0.5) is 4.79 Å². The number of urea groups is 1. The van der Waals surface area contributed by atoms with Crippen molar-refractivity contribution in [3.05, 3.63) is 30.3 Å². The highest BCUT2D eigenvalue weighted by atomic mass is 16.5. The normalized spacial score (nSPS) is 18.0. The van der Waals surface area contributed by atoms with Crippen LogP contribution in [0.3, 0.4) is 0 Å². The van der Waals surface area contributed by atoms with E-state index in [-0.39, 0.29) is 11.9 Å². The van der Waals surface area contributed by atoms with Crippen molar-refractivity contribution in [2.75, 3.05) is 32.8 Å². The van der Waals surface area contributed by atoms with E-state index in [0.29, 0.717) is 51.7 Å². The van der Waals surface area contributed by atoms with Crippen LogP contribution in [0.1, 0.15) is 38.5 Å². The van der Waals surface area contributed by atoms with E-state index in [9.17, 15) is 9.59 Å². The van der Waals surface area contributed by atoms with E-state index in [1.807, 2.05) is 40.1 Å². The fourth-order valence-electron chi connectivity index (χ4n) is 3.58. The summed E-state index contributed by atoms with van der Waals surface area (Å²) in [6.45, 7) is 3.02. The van der Waals surface area contributed by atoms with Gasteiger partial charge in [-0.05, 0) is 31.4 Å². The van der Waals surface area contributed by atoms with E-state index in [1.165, 1.54) is 12.8 Å². The number of nitrogens with one attached hydrogen (secondary N) is 1. The maximum Gasteiger partial charge on any atom is 0.317 e. The molecule has 1 aliphatic carbocycles.